The molecule has 0 saturated heterocycles. The van der Waals surface area contributed by atoms with Gasteiger partial charge in [0, 0.05) is 28.7 Å². The van der Waals surface area contributed by atoms with Crippen LogP contribution in [0.3, 0.4) is 0 Å². The Morgan fingerprint density at radius 1 is 1.60 bits per heavy atom. The molecule has 1 aromatic heterocycles. The van der Waals surface area contributed by atoms with E-state index in [-0.39, 0.29) is 24.0 Å². The van der Waals surface area contributed by atoms with Gasteiger partial charge in [-0.2, -0.15) is 5.10 Å². The Morgan fingerprint density at radius 2 is 2.40 bits per heavy atom. The van der Waals surface area contributed by atoms with Crippen molar-refractivity contribution in [3.05, 3.63) is 34.6 Å². The molecule has 0 bridgehead atoms. The van der Waals surface area contributed by atoms with Crippen LogP contribution in [0.4, 0.5) is 0 Å². The van der Waals surface area contributed by atoms with Crippen molar-refractivity contribution in [3.63, 3.8) is 0 Å². The zero-order valence-corrected chi connectivity index (χ0v) is 12.3. The van der Waals surface area contributed by atoms with Crippen LogP contribution in [-0.2, 0) is 0 Å². The molecule has 1 aliphatic rings. The molecule has 1 N–H and O–H groups in total. The average molecular weight is 427 g/mol. The van der Waals surface area contributed by atoms with Gasteiger partial charge < -0.3 is 24.0 Å². The highest BCUT2D eigenvalue weighted by atomic mass is 127. The van der Waals surface area contributed by atoms with E-state index in [0.717, 1.165) is 9.40 Å². The van der Waals surface area contributed by atoms with Crippen molar-refractivity contribution in [2.45, 2.75) is 0 Å². The number of nitrogens with one attached hydrogen (secondary N) is 1. The van der Waals surface area contributed by atoms with E-state index in [9.17, 15) is 0 Å². The molecule has 0 spiro atoms. The van der Waals surface area contributed by atoms with E-state index in [1.807, 2.05) is 34.5 Å². The van der Waals surface area contributed by atoms with E-state index in [4.69, 9.17) is 0 Å². The summed E-state index contributed by atoms with van der Waals surface area (Å²) in [6.07, 6.45) is 9.22. The highest BCUT2D eigenvalue weighted by Crippen LogP contribution is 2.17. The fourth-order valence-electron chi connectivity index (χ4n) is 1.13. The Balaban J connectivity index is 0.00000112. The van der Waals surface area contributed by atoms with Gasteiger partial charge in [0.15, 0.2) is 11.6 Å². The number of hydrogen-bond acceptors (Lipinski definition) is 1. The van der Waals surface area contributed by atoms with Crippen molar-refractivity contribution < 1.29 is 33.7 Å². The Labute approximate surface area is 118 Å². The zero-order valence-electron chi connectivity index (χ0n) is 7.98. The van der Waals surface area contributed by atoms with Crippen LogP contribution in [0.2, 0.25) is 0 Å². The summed E-state index contributed by atoms with van der Waals surface area (Å²) in [5.41, 5.74) is 1.05. The van der Waals surface area contributed by atoms with Crippen LogP contribution in [0, 0.1) is 0 Å². The van der Waals surface area contributed by atoms with Crippen LogP contribution in [-0.4, -0.2) is 27.2 Å². The normalized spacial score (nSPS) is 14.7. The summed E-state index contributed by atoms with van der Waals surface area (Å²) in [6, 6.07) is 0. The molecule has 4 nitrogen and oxygen atoms in total. The maximum atomic E-state index is 3.97. The third-order valence-corrected chi connectivity index (χ3v) is 3.11. The van der Waals surface area contributed by atoms with Gasteiger partial charge in [0.2, 0.25) is 6.33 Å². The number of halogens is 2. The lowest BCUT2D eigenvalue weighted by Gasteiger charge is -1.96. The van der Waals surface area contributed by atoms with Gasteiger partial charge in [-0.3, -0.25) is 0 Å². The van der Waals surface area contributed by atoms with Crippen LogP contribution >= 0.6 is 22.6 Å². The van der Waals surface area contributed by atoms with E-state index < -0.39 is 0 Å². The second-order valence-electron chi connectivity index (χ2n) is 2.78. The predicted octanol–water partition coefficient (Wildman–Crippen LogP) is -2.30. The quantitative estimate of drug-likeness (QED) is 0.282. The summed E-state index contributed by atoms with van der Waals surface area (Å²) in [5.74, 6) is 3.09. The Kier molecular flexibility index (Phi) is 4.68. The third-order valence-electron chi connectivity index (χ3n) is 1.84. The monoisotopic (exact) mass is 427 g/mol. The number of hydrogen-bond donors (Lipinski definition) is 0. The van der Waals surface area contributed by atoms with E-state index in [0.29, 0.717) is 0 Å². The molecule has 1 aliphatic heterocycles. The molecule has 1 aromatic rings. The van der Waals surface area contributed by atoms with Crippen molar-refractivity contribution in [1.82, 2.24) is 9.67 Å². The molecule has 0 atom stereocenters. The first-order valence-electron chi connectivity index (χ1n) is 4.09. The van der Waals surface area contributed by atoms with Crippen LogP contribution in [0.25, 0.3) is 5.70 Å². The molecule has 0 amide bonds. The molecule has 6 heteroatoms. The smallest absolute Gasteiger partial charge is 0.304 e. The third kappa shape index (κ3) is 2.76. The van der Waals surface area contributed by atoms with Crippen LogP contribution in [0.15, 0.2) is 34.6 Å². The maximum Gasteiger partial charge on any atom is 0.304 e. The molecular weight excluding hydrogens is 418 g/mol. The number of H-pyrrole nitrogens is 1. The Morgan fingerprint density at radius 3 is 3.07 bits per heavy atom. The summed E-state index contributed by atoms with van der Waals surface area (Å²) >= 11 is 2.27. The summed E-state index contributed by atoms with van der Waals surface area (Å²) in [4.78, 5) is 3.97. The van der Waals surface area contributed by atoms with Crippen molar-refractivity contribution in [1.29, 1.82) is 0 Å². The van der Waals surface area contributed by atoms with Gasteiger partial charge in [0.25, 0.3) is 3.70 Å². The lowest BCUT2D eigenvalue weighted by molar-refractivity contribution is -0.475. The molecule has 0 fully saturated rings. The van der Waals surface area contributed by atoms with Crippen LogP contribution in [0.5, 0.6) is 0 Å². The fraction of sp³-hybridized carbons (Fsp3) is 0.111. The summed E-state index contributed by atoms with van der Waals surface area (Å²) < 4.78 is 4.88. The minimum Gasteiger partial charge on any atom is -1.00 e. The van der Waals surface area contributed by atoms with Crippen molar-refractivity contribution in [2.24, 2.45) is 0 Å². The molecule has 2 heterocycles. The summed E-state index contributed by atoms with van der Waals surface area (Å²) in [7, 11) is 1.96. The first-order chi connectivity index (χ1) is 6.79. The highest BCUT2D eigenvalue weighted by molar-refractivity contribution is 14.1. The van der Waals surface area contributed by atoms with Crippen LogP contribution < -0.4 is 29.1 Å². The Bertz CT molecular complexity index is 464. The molecule has 0 radical (unpaired) electrons. The summed E-state index contributed by atoms with van der Waals surface area (Å²) in [6.45, 7) is 0. The number of nitrogens with zero attached hydrogens (tertiary/aromatic N) is 3. The fourth-order valence-corrected chi connectivity index (χ4v) is 1.71. The molecule has 78 valence electrons. The van der Waals surface area contributed by atoms with E-state index >= 15 is 0 Å². The van der Waals surface area contributed by atoms with Crippen molar-refractivity contribution in [3.8, 4) is 0 Å². The zero-order chi connectivity index (χ0) is 9.97. The minimum atomic E-state index is 0. The predicted molar refractivity (Wildman–Crippen MR) is 60.9 cm³/mol. The standard InChI is InChI=1S/C9H8IN4.HI/c1-13-5-3-2-4-8(9(13)10)14-7-11-6-12-14;/h2-4,6-7H,1H3;1H/q+1;. The second kappa shape index (κ2) is 5.57. The van der Waals surface area contributed by atoms with Crippen LogP contribution in [0.1, 0.15) is 0 Å². The lowest BCUT2D eigenvalue weighted by atomic mass is 10.4. The first kappa shape index (κ1) is 12.6. The molecule has 0 unspecified atom stereocenters. The second-order valence-corrected chi connectivity index (χ2v) is 3.80. The number of rotatable bonds is 1. The van der Waals surface area contributed by atoms with E-state index in [1.165, 1.54) is 0 Å². The largest absolute Gasteiger partial charge is 1.00 e. The van der Waals surface area contributed by atoms with Gasteiger partial charge in [-0.1, -0.05) is 0 Å². The molecule has 0 aromatic carbocycles. The SMILES string of the molecule is C[N+]1=C=CC=CC(n2cnc[nH+]2)=C1I.[I-]. The number of aromatic nitrogens is 3. The number of allylic oxidation sites excluding steroid dienone is 4. The first-order valence-corrected chi connectivity index (χ1v) is 5.17. The highest BCUT2D eigenvalue weighted by Gasteiger charge is 2.15. The maximum absolute atomic E-state index is 3.97. The molecule has 15 heavy (non-hydrogen) atoms. The van der Waals surface area contributed by atoms with Gasteiger partial charge in [-0.15, -0.1) is 9.26 Å². The van der Waals surface area contributed by atoms with Gasteiger partial charge in [0.1, 0.15) is 7.05 Å². The van der Waals surface area contributed by atoms with E-state index in [1.54, 1.807) is 12.7 Å². The molecular formula is C9H9I2N4+. The van der Waals surface area contributed by atoms with Gasteiger partial charge in [0.05, 0.1) is 0 Å². The average Bonchev–Trinajstić information content (AvgIpc) is 2.64. The Hall–Kier alpha value is -0.470. The minimum absolute atomic E-state index is 0. The molecule has 2 rings (SSSR count). The molecule has 0 aliphatic carbocycles. The van der Waals surface area contributed by atoms with Gasteiger partial charge in [-0.25, -0.2) is 0 Å². The number of aromatic amines is 1. The summed E-state index contributed by atoms with van der Waals surface area (Å²) in [5, 5.41) is 3.01. The van der Waals surface area contributed by atoms with Crippen molar-refractivity contribution >= 4 is 34.2 Å². The van der Waals surface area contributed by atoms with Gasteiger partial charge in [-0.05, 0) is 17.1 Å². The van der Waals surface area contributed by atoms with Crippen molar-refractivity contribution in [2.75, 3.05) is 7.05 Å². The van der Waals surface area contributed by atoms with Gasteiger partial charge >= 0.3 is 6.33 Å². The lowest BCUT2D eigenvalue weighted by Crippen LogP contribution is -3.00. The van der Waals surface area contributed by atoms with E-state index in [2.05, 4.69) is 38.5 Å². The molecule has 0 saturated carbocycles. The topological polar surface area (TPSA) is 35.0 Å².